The lowest BCUT2D eigenvalue weighted by Crippen LogP contribution is -2.32. The maximum atomic E-state index is 9.15. The van der Waals surface area contributed by atoms with Gasteiger partial charge in [-0.25, -0.2) is 4.98 Å². The Morgan fingerprint density at radius 1 is 1.63 bits per heavy atom. The molecule has 19 heavy (non-hydrogen) atoms. The van der Waals surface area contributed by atoms with Crippen LogP contribution in [0.2, 0.25) is 0 Å². The lowest BCUT2D eigenvalue weighted by atomic mass is 9.95. The molecule has 0 atom stereocenters. The number of rotatable bonds is 3. The maximum absolute atomic E-state index is 9.15. The summed E-state index contributed by atoms with van der Waals surface area (Å²) in [5.41, 5.74) is 3.04. The van der Waals surface area contributed by atoms with Gasteiger partial charge in [-0.05, 0) is 32.4 Å². The molecule has 1 aromatic heterocycles. The fourth-order valence-electron chi connectivity index (χ4n) is 1.96. The summed E-state index contributed by atoms with van der Waals surface area (Å²) in [5.74, 6) is 0.391. The highest BCUT2D eigenvalue weighted by Gasteiger charge is 2.28. The first-order chi connectivity index (χ1) is 8.91. The van der Waals surface area contributed by atoms with E-state index < -0.39 is 0 Å². The molecule has 0 radical (unpaired) electrons. The number of hydrogen-bond donors (Lipinski definition) is 0. The van der Waals surface area contributed by atoms with Crippen molar-refractivity contribution < 1.29 is 9.47 Å². The molecule has 0 saturated carbocycles. The van der Waals surface area contributed by atoms with Crippen molar-refractivity contribution in [1.29, 1.82) is 5.26 Å². The summed E-state index contributed by atoms with van der Waals surface area (Å²) in [7, 11) is 0. The number of pyridine rings is 1. The van der Waals surface area contributed by atoms with Crippen LogP contribution in [0.4, 0.5) is 0 Å². The Labute approximate surface area is 113 Å². The molecular weight excluding hydrogens is 240 g/mol. The minimum Gasteiger partial charge on any atom is -0.472 e. The van der Waals surface area contributed by atoms with Gasteiger partial charge >= 0.3 is 0 Å². The van der Waals surface area contributed by atoms with Crippen LogP contribution < -0.4 is 4.74 Å². The minimum atomic E-state index is -0.222. The molecule has 4 heteroatoms. The zero-order valence-electron chi connectivity index (χ0n) is 11.6. The molecule has 0 amide bonds. The molecule has 1 aromatic rings. The first-order valence-electron chi connectivity index (χ1n) is 6.25. The average molecular weight is 258 g/mol. The van der Waals surface area contributed by atoms with Crippen LogP contribution in [-0.4, -0.2) is 17.2 Å². The topological polar surface area (TPSA) is 55.1 Å². The third kappa shape index (κ3) is 3.12. The molecule has 0 unspecified atom stereocenters. The Morgan fingerprint density at radius 3 is 3.00 bits per heavy atom. The molecule has 1 aliphatic rings. The fraction of sp³-hybridized carbons (Fsp3) is 0.467. The predicted molar refractivity (Wildman–Crippen MR) is 71.8 cm³/mol. The number of fused-ring (bicyclic) bond motifs is 1. The van der Waals surface area contributed by atoms with Gasteiger partial charge in [0.25, 0.3) is 0 Å². The summed E-state index contributed by atoms with van der Waals surface area (Å²) < 4.78 is 11.3. The van der Waals surface area contributed by atoms with Crippen LogP contribution in [0.1, 0.15) is 37.6 Å². The fourth-order valence-corrected chi connectivity index (χ4v) is 1.96. The number of nitriles is 1. The second-order valence-electron chi connectivity index (χ2n) is 5.53. The summed E-state index contributed by atoms with van der Waals surface area (Å²) >= 11 is 0. The van der Waals surface area contributed by atoms with Crippen LogP contribution in [0.25, 0.3) is 0 Å². The van der Waals surface area contributed by atoms with Crippen molar-refractivity contribution in [2.24, 2.45) is 0 Å². The molecule has 0 bridgehead atoms. The third-order valence-corrected chi connectivity index (χ3v) is 2.94. The minimum absolute atomic E-state index is 0.222. The van der Waals surface area contributed by atoms with Gasteiger partial charge in [0.1, 0.15) is 18.2 Å². The Balaban J connectivity index is 2.34. The summed E-state index contributed by atoms with van der Waals surface area (Å²) in [6, 6.07) is 3.93. The van der Waals surface area contributed by atoms with E-state index in [9.17, 15) is 0 Å². The second kappa shape index (κ2) is 5.02. The van der Waals surface area contributed by atoms with Gasteiger partial charge in [0, 0.05) is 12.0 Å². The molecule has 1 aliphatic heterocycles. The Morgan fingerprint density at radius 2 is 2.37 bits per heavy atom. The van der Waals surface area contributed by atoms with E-state index in [0.717, 1.165) is 23.3 Å². The lowest BCUT2D eigenvalue weighted by molar-refractivity contribution is -0.0414. The number of aromatic nitrogens is 1. The lowest BCUT2D eigenvalue weighted by Gasteiger charge is -2.31. The molecule has 100 valence electrons. The van der Waals surface area contributed by atoms with Crippen molar-refractivity contribution in [3.05, 3.63) is 35.0 Å². The van der Waals surface area contributed by atoms with Gasteiger partial charge < -0.3 is 9.47 Å². The summed E-state index contributed by atoms with van der Waals surface area (Å²) in [5, 5.41) is 9.15. The van der Waals surface area contributed by atoms with E-state index in [4.69, 9.17) is 14.7 Å². The second-order valence-corrected chi connectivity index (χ2v) is 5.53. The van der Waals surface area contributed by atoms with Gasteiger partial charge in [0.2, 0.25) is 5.88 Å². The normalized spacial score (nSPS) is 16.3. The molecule has 2 heterocycles. The highest BCUT2D eigenvalue weighted by atomic mass is 16.5. The Bertz CT molecular complexity index is 556. The van der Waals surface area contributed by atoms with Gasteiger partial charge in [0.15, 0.2) is 0 Å². The first kappa shape index (κ1) is 13.6. The van der Waals surface area contributed by atoms with Crippen LogP contribution in [0, 0.1) is 11.3 Å². The van der Waals surface area contributed by atoms with E-state index in [1.165, 1.54) is 0 Å². The molecule has 0 N–H and O–H groups in total. The van der Waals surface area contributed by atoms with Crippen molar-refractivity contribution in [3.63, 3.8) is 0 Å². The van der Waals surface area contributed by atoms with Crippen LogP contribution in [-0.2, 0) is 17.8 Å². The van der Waals surface area contributed by atoms with Gasteiger partial charge in [-0.1, -0.05) is 6.58 Å². The van der Waals surface area contributed by atoms with Crippen molar-refractivity contribution in [2.45, 2.75) is 39.4 Å². The summed E-state index contributed by atoms with van der Waals surface area (Å²) in [6.45, 7) is 10.6. The average Bonchev–Trinajstić information content (AvgIpc) is 2.34. The van der Waals surface area contributed by atoms with Gasteiger partial charge in [0.05, 0.1) is 17.9 Å². The summed E-state index contributed by atoms with van der Waals surface area (Å²) in [6.07, 6.45) is 0.720. The van der Waals surface area contributed by atoms with Gasteiger partial charge in [-0.2, -0.15) is 5.26 Å². The Hall–Kier alpha value is -1.86. The van der Waals surface area contributed by atoms with Crippen LogP contribution in [0.15, 0.2) is 18.2 Å². The molecule has 4 nitrogen and oxygen atoms in total. The van der Waals surface area contributed by atoms with E-state index in [-0.39, 0.29) is 5.60 Å². The van der Waals surface area contributed by atoms with Crippen molar-refractivity contribution >= 4 is 0 Å². The van der Waals surface area contributed by atoms with Crippen LogP contribution >= 0.6 is 0 Å². The predicted octanol–water partition coefficient (Wildman–Crippen LogP) is 2.76. The van der Waals surface area contributed by atoms with Crippen molar-refractivity contribution in [1.82, 2.24) is 4.98 Å². The maximum Gasteiger partial charge on any atom is 0.232 e. The zero-order chi connectivity index (χ0) is 14.0. The van der Waals surface area contributed by atoms with Crippen LogP contribution in [0.5, 0.6) is 5.88 Å². The zero-order valence-corrected chi connectivity index (χ0v) is 11.6. The van der Waals surface area contributed by atoms with E-state index in [2.05, 4.69) is 17.6 Å². The van der Waals surface area contributed by atoms with E-state index in [1.54, 1.807) is 0 Å². The molecule has 2 rings (SSSR count). The van der Waals surface area contributed by atoms with E-state index >= 15 is 0 Å². The number of nitrogens with zero attached hydrogens (tertiary/aromatic N) is 2. The highest BCUT2D eigenvalue weighted by molar-refractivity contribution is 5.43. The van der Waals surface area contributed by atoms with Crippen LogP contribution in [0.3, 0.4) is 0 Å². The molecular formula is C15H18N2O2. The summed E-state index contributed by atoms with van der Waals surface area (Å²) in [4.78, 5) is 4.49. The van der Waals surface area contributed by atoms with E-state index in [0.29, 0.717) is 24.7 Å². The third-order valence-electron chi connectivity index (χ3n) is 2.94. The molecule has 0 spiro atoms. The standard InChI is InChI=1S/C15H18N2O2/c1-10(2)8-18-14-11(7-16)5-12-9-19-15(3,4)6-13(12)17-14/h5H,1,6,8-9H2,2-4H3. The molecule has 0 fully saturated rings. The quantitative estimate of drug-likeness (QED) is 0.782. The first-order valence-corrected chi connectivity index (χ1v) is 6.25. The van der Waals surface area contributed by atoms with Gasteiger partial charge in [-0.15, -0.1) is 0 Å². The number of ether oxygens (including phenoxy) is 2. The smallest absolute Gasteiger partial charge is 0.232 e. The molecule has 0 aromatic carbocycles. The largest absolute Gasteiger partial charge is 0.472 e. The highest BCUT2D eigenvalue weighted by Crippen LogP contribution is 2.29. The monoisotopic (exact) mass is 258 g/mol. The SMILES string of the molecule is C=C(C)COc1nc2c(cc1C#N)COC(C)(C)C2. The van der Waals surface area contributed by atoms with Crippen molar-refractivity contribution in [2.75, 3.05) is 6.61 Å². The van der Waals surface area contributed by atoms with Crippen molar-refractivity contribution in [3.8, 4) is 11.9 Å². The number of hydrogen-bond acceptors (Lipinski definition) is 4. The van der Waals surface area contributed by atoms with E-state index in [1.807, 2.05) is 26.8 Å². The molecule has 0 saturated heterocycles. The Kier molecular flexibility index (Phi) is 3.59. The van der Waals surface area contributed by atoms with Gasteiger partial charge in [-0.3, -0.25) is 0 Å². The molecule has 0 aliphatic carbocycles.